The lowest BCUT2D eigenvalue weighted by Crippen LogP contribution is -2.23. The number of nitrogens with zero attached hydrogens (tertiary/aromatic N) is 2. The van der Waals surface area contributed by atoms with Gasteiger partial charge in [0.05, 0.1) is 6.20 Å². The van der Waals surface area contributed by atoms with Crippen molar-refractivity contribution in [3.05, 3.63) is 29.0 Å². The highest BCUT2D eigenvalue weighted by molar-refractivity contribution is 9.10. The highest BCUT2D eigenvalue weighted by Gasteiger charge is 2.04. The minimum absolute atomic E-state index is 0.225. The number of carbonyl (C=O) groups is 2. The first-order chi connectivity index (χ1) is 8.70. The number of hydrogen-bond donors (Lipinski definition) is 2. The number of pyridine rings is 1. The molecule has 6 nitrogen and oxygen atoms in total. The number of nitrogens with one attached hydrogen (secondary N) is 2. The minimum atomic E-state index is -0.311. The third-order valence-electron chi connectivity index (χ3n) is 2.35. The predicted molar refractivity (Wildman–Crippen MR) is 70.2 cm³/mol. The molecule has 0 saturated carbocycles. The molecule has 2 rings (SSSR count). The Balaban J connectivity index is 2.00. The van der Waals surface area contributed by atoms with Crippen molar-refractivity contribution in [1.82, 2.24) is 14.7 Å². The number of anilines is 1. The van der Waals surface area contributed by atoms with E-state index in [0.29, 0.717) is 13.0 Å². The van der Waals surface area contributed by atoms with Crippen LogP contribution < -0.4 is 10.6 Å². The van der Waals surface area contributed by atoms with E-state index in [9.17, 15) is 9.59 Å². The van der Waals surface area contributed by atoms with Crippen molar-refractivity contribution in [1.29, 1.82) is 0 Å². The van der Waals surface area contributed by atoms with E-state index < -0.39 is 0 Å². The van der Waals surface area contributed by atoms with Gasteiger partial charge in [0.15, 0.2) is 0 Å². The highest BCUT2D eigenvalue weighted by Crippen LogP contribution is 2.16. The molecule has 18 heavy (non-hydrogen) atoms. The summed E-state index contributed by atoms with van der Waals surface area (Å²) in [5, 5.41) is 5.17. The third-order valence-corrected chi connectivity index (χ3v) is 2.85. The topological polar surface area (TPSA) is 75.5 Å². The zero-order chi connectivity index (χ0) is 13.0. The van der Waals surface area contributed by atoms with E-state index in [-0.39, 0.29) is 12.3 Å². The van der Waals surface area contributed by atoms with Crippen LogP contribution in [0, 0.1) is 0 Å². The maximum absolute atomic E-state index is 11.1. The number of hydrogen-bond acceptors (Lipinski definition) is 4. The fraction of sp³-hybridized carbons (Fsp3) is 0.182. The molecule has 94 valence electrons. The minimum Gasteiger partial charge on any atom is -0.369 e. The Hall–Kier alpha value is -1.89. The Kier molecular flexibility index (Phi) is 3.93. The van der Waals surface area contributed by atoms with Crippen molar-refractivity contribution in [2.75, 3.05) is 11.9 Å². The van der Waals surface area contributed by atoms with Crippen molar-refractivity contribution in [3.8, 4) is 0 Å². The first-order valence-corrected chi connectivity index (χ1v) is 6.09. The molecule has 0 aromatic carbocycles. The van der Waals surface area contributed by atoms with Gasteiger partial charge in [0.1, 0.15) is 11.5 Å². The van der Waals surface area contributed by atoms with Crippen LogP contribution in [0.15, 0.2) is 29.0 Å². The van der Waals surface area contributed by atoms with Gasteiger partial charge in [-0.1, -0.05) is 15.9 Å². The molecule has 7 heteroatoms. The van der Waals surface area contributed by atoms with Gasteiger partial charge in [-0.2, -0.15) is 0 Å². The van der Waals surface area contributed by atoms with Gasteiger partial charge in [0, 0.05) is 23.6 Å². The third kappa shape index (κ3) is 2.86. The maximum atomic E-state index is 11.1. The van der Waals surface area contributed by atoms with Crippen LogP contribution in [-0.2, 0) is 9.59 Å². The summed E-state index contributed by atoms with van der Waals surface area (Å²) >= 11 is 3.37. The van der Waals surface area contributed by atoms with Crippen LogP contribution in [0.3, 0.4) is 0 Å². The fourth-order valence-corrected chi connectivity index (χ4v) is 1.85. The summed E-state index contributed by atoms with van der Waals surface area (Å²) in [7, 11) is 0. The molecule has 0 unspecified atom stereocenters. The molecule has 2 aromatic heterocycles. The van der Waals surface area contributed by atoms with E-state index in [0.717, 1.165) is 15.9 Å². The van der Waals surface area contributed by atoms with Gasteiger partial charge in [-0.25, -0.2) is 4.98 Å². The molecule has 0 aliphatic carbocycles. The summed E-state index contributed by atoms with van der Waals surface area (Å²) in [5.74, 6) is 0.491. The smallest absolute Gasteiger partial charge is 0.228 e. The second kappa shape index (κ2) is 5.63. The Bertz CT molecular complexity index is 581. The quantitative estimate of drug-likeness (QED) is 0.813. The molecule has 2 aromatic rings. The summed E-state index contributed by atoms with van der Waals surface area (Å²) < 4.78 is 2.83. The molecular formula is C11H11BrN4O2. The van der Waals surface area contributed by atoms with Crippen molar-refractivity contribution in [2.24, 2.45) is 0 Å². The molecule has 2 heterocycles. The first-order valence-electron chi connectivity index (χ1n) is 5.30. The fourth-order valence-electron chi connectivity index (χ4n) is 1.53. The molecule has 0 radical (unpaired) electrons. The molecule has 0 saturated heterocycles. The van der Waals surface area contributed by atoms with E-state index in [4.69, 9.17) is 0 Å². The summed E-state index contributed by atoms with van der Waals surface area (Å²) in [6, 6.07) is 3.79. The molecular weight excluding hydrogens is 300 g/mol. The standard InChI is InChI=1S/C11H11BrN4O2/c12-8-2-4-16-9(5-8)14-6-10(16)13-3-1-11(18)15-7-17/h2,4-7,13H,1,3H2,(H,15,17,18). The van der Waals surface area contributed by atoms with Crippen LogP contribution in [0.1, 0.15) is 6.42 Å². The van der Waals surface area contributed by atoms with Crippen LogP contribution >= 0.6 is 15.9 Å². The number of halogens is 1. The second-order valence-electron chi connectivity index (χ2n) is 3.58. The van der Waals surface area contributed by atoms with Gasteiger partial charge < -0.3 is 5.32 Å². The molecule has 0 aliphatic rings. The lowest BCUT2D eigenvalue weighted by Gasteiger charge is -2.05. The Morgan fingerprint density at radius 1 is 1.56 bits per heavy atom. The predicted octanol–water partition coefficient (Wildman–Crippen LogP) is 1.17. The zero-order valence-corrected chi connectivity index (χ0v) is 11.0. The average Bonchev–Trinajstić information content (AvgIpc) is 2.72. The molecule has 2 amide bonds. The number of imide groups is 1. The number of rotatable bonds is 5. The zero-order valence-electron chi connectivity index (χ0n) is 9.39. The highest BCUT2D eigenvalue weighted by atomic mass is 79.9. The summed E-state index contributed by atoms with van der Waals surface area (Å²) in [5.41, 5.74) is 0.809. The van der Waals surface area contributed by atoms with Crippen molar-refractivity contribution >= 4 is 39.7 Å². The Morgan fingerprint density at radius 2 is 2.39 bits per heavy atom. The van der Waals surface area contributed by atoms with Crippen LogP contribution in [0.25, 0.3) is 5.65 Å². The van der Waals surface area contributed by atoms with Gasteiger partial charge in [-0.3, -0.25) is 19.3 Å². The number of aromatic nitrogens is 2. The molecule has 0 aliphatic heterocycles. The number of imidazole rings is 1. The molecule has 0 atom stereocenters. The van der Waals surface area contributed by atoms with Crippen LogP contribution in [0.4, 0.5) is 5.82 Å². The van der Waals surface area contributed by atoms with E-state index in [1.54, 1.807) is 6.20 Å². The molecule has 0 spiro atoms. The molecule has 0 bridgehead atoms. The normalized spacial score (nSPS) is 10.3. The molecule has 2 N–H and O–H groups in total. The summed E-state index contributed by atoms with van der Waals surface area (Å²) in [4.78, 5) is 25.3. The lowest BCUT2D eigenvalue weighted by atomic mass is 10.4. The average molecular weight is 311 g/mol. The van der Waals surface area contributed by atoms with E-state index >= 15 is 0 Å². The van der Waals surface area contributed by atoms with E-state index in [2.05, 4.69) is 31.5 Å². The van der Waals surface area contributed by atoms with Crippen LogP contribution in [-0.4, -0.2) is 28.2 Å². The van der Waals surface area contributed by atoms with E-state index in [1.807, 2.05) is 22.7 Å². The van der Waals surface area contributed by atoms with Gasteiger partial charge in [-0.05, 0) is 12.1 Å². The largest absolute Gasteiger partial charge is 0.369 e. The van der Waals surface area contributed by atoms with Crippen LogP contribution in [0.2, 0.25) is 0 Å². The molecule has 0 fully saturated rings. The van der Waals surface area contributed by atoms with E-state index in [1.165, 1.54) is 0 Å². The monoisotopic (exact) mass is 310 g/mol. The van der Waals surface area contributed by atoms with Gasteiger partial charge >= 0.3 is 0 Å². The van der Waals surface area contributed by atoms with Crippen molar-refractivity contribution < 1.29 is 9.59 Å². The number of fused-ring (bicyclic) bond motifs is 1. The van der Waals surface area contributed by atoms with Crippen molar-refractivity contribution in [2.45, 2.75) is 6.42 Å². The Morgan fingerprint density at radius 3 is 3.17 bits per heavy atom. The second-order valence-corrected chi connectivity index (χ2v) is 4.49. The number of amides is 2. The SMILES string of the molecule is O=CNC(=O)CCNc1cnc2cc(Br)ccn12. The maximum Gasteiger partial charge on any atom is 0.228 e. The Labute approximate surface area is 112 Å². The first kappa shape index (κ1) is 12.6. The van der Waals surface area contributed by atoms with Crippen molar-refractivity contribution in [3.63, 3.8) is 0 Å². The summed E-state index contributed by atoms with van der Waals surface area (Å²) in [6.07, 6.45) is 4.18. The lowest BCUT2D eigenvalue weighted by molar-refractivity contribution is -0.125. The number of carbonyl (C=O) groups excluding carboxylic acids is 2. The van der Waals surface area contributed by atoms with Gasteiger partial charge in [-0.15, -0.1) is 0 Å². The van der Waals surface area contributed by atoms with Gasteiger partial charge in [0.2, 0.25) is 12.3 Å². The van der Waals surface area contributed by atoms with Crippen LogP contribution in [0.5, 0.6) is 0 Å². The van der Waals surface area contributed by atoms with Gasteiger partial charge in [0.25, 0.3) is 0 Å². The summed E-state index contributed by atoms with van der Waals surface area (Å²) in [6.45, 7) is 0.434.